The topological polar surface area (TPSA) is 62.2 Å². The van der Waals surface area contributed by atoms with Crippen molar-refractivity contribution in [3.05, 3.63) is 18.0 Å². The highest BCUT2D eigenvalue weighted by atomic mass is 16.2. The van der Waals surface area contributed by atoms with Crippen LogP contribution in [0.1, 0.15) is 10.4 Å². The number of nitrogens with one attached hydrogen (secondary N) is 2. The van der Waals surface area contributed by atoms with E-state index in [4.69, 9.17) is 0 Å². The third-order valence-electron chi connectivity index (χ3n) is 1.60. The highest BCUT2D eigenvalue weighted by molar-refractivity contribution is 5.93. The van der Waals surface area contributed by atoms with E-state index in [1.54, 1.807) is 32.0 Å². The lowest BCUT2D eigenvalue weighted by molar-refractivity contribution is 0.0577. The molecule has 0 atom stereocenters. The molecule has 0 aliphatic rings. The molecule has 1 aromatic heterocycles. The van der Waals surface area contributed by atoms with E-state index in [9.17, 15) is 4.79 Å². The van der Waals surface area contributed by atoms with E-state index in [-0.39, 0.29) is 5.91 Å². The molecule has 0 aliphatic heterocycles. The van der Waals surface area contributed by atoms with Crippen LogP contribution < -0.4 is 10.9 Å². The summed E-state index contributed by atoms with van der Waals surface area (Å²) >= 11 is 0. The molecule has 0 spiro atoms. The van der Waals surface area contributed by atoms with Gasteiger partial charge in [0.1, 0.15) is 0 Å². The van der Waals surface area contributed by atoms with Gasteiger partial charge in [-0.2, -0.15) is 5.10 Å². The zero-order valence-corrected chi connectivity index (χ0v) is 7.90. The van der Waals surface area contributed by atoms with Crippen molar-refractivity contribution in [1.82, 2.24) is 25.7 Å². The molecule has 0 saturated heterocycles. The van der Waals surface area contributed by atoms with E-state index in [0.29, 0.717) is 5.56 Å². The number of carbonyl (C=O) groups is 1. The molecule has 6 nitrogen and oxygen atoms in total. The van der Waals surface area contributed by atoms with Gasteiger partial charge in [-0.05, 0) is 0 Å². The molecule has 2 N–H and O–H groups in total. The number of rotatable bonds is 3. The minimum Gasteiger partial charge on any atom is -0.275 e. The number of carbonyl (C=O) groups excluding carboxylic acids is 1. The standard InChI is InChI=1S/C7H13N5O/c1-8-12(9-2)7(13)6-4-10-11(3)5-6/h4-5,8-9H,1-3H3. The van der Waals surface area contributed by atoms with Gasteiger partial charge in [0.25, 0.3) is 5.91 Å². The molecule has 1 aromatic rings. The summed E-state index contributed by atoms with van der Waals surface area (Å²) in [6.45, 7) is 0. The van der Waals surface area contributed by atoms with Gasteiger partial charge in [0.05, 0.1) is 11.8 Å². The molecule has 0 unspecified atom stereocenters. The fraction of sp³-hybridized carbons (Fsp3) is 0.429. The first-order valence-corrected chi connectivity index (χ1v) is 3.87. The Bertz CT molecular complexity index is 291. The zero-order chi connectivity index (χ0) is 9.84. The second kappa shape index (κ2) is 4.01. The molecular formula is C7H13N5O. The van der Waals surface area contributed by atoms with Crippen molar-refractivity contribution in [3.63, 3.8) is 0 Å². The third-order valence-corrected chi connectivity index (χ3v) is 1.60. The third kappa shape index (κ3) is 2.04. The van der Waals surface area contributed by atoms with E-state index in [0.717, 1.165) is 0 Å². The Hall–Kier alpha value is -1.40. The lowest BCUT2D eigenvalue weighted by atomic mass is 10.3. The summed E-state index contributed by atoms with van der Waals surface area (Å²) in [5.41, 5.74) is 5.92. The zero-order valence-electron chi connectivity index (χ0n) is 7.90. The molecule has 0 aliphatic carbocycles. The summed E-state index contributed by atoms with van der Waals surface area (Å²) in [7, 11) is 5.08. The smallest absolute Gasteiger partial charge is 0.275 e. The number of hydrogen-bond acceptors (Lipinski definition) is 4. The van der Waals surface area contributed by atoms with Gasteiger partial charge in [-0.1, -0.05) is 0 Å². The van der Waals surface area contributed by atoms with Crippen LogP contribution in [0.3, 0.4) is 0 Å². The van der Waals surface area contributed by atoms with Crippen molar-refractivity contribution in [1.29, 1.82) is 0 Å². The number of amides is 1. The predicted octanol–water partition coefficient (Wildman–Crippen LogP) is -0.869. The van der Waals surface area contributed by atoms with Gasteiger partial charge in [-0.15, -0.1) is 0 Å². The largest absolute Gasteiger partial charge is 0.285 e. The van der Waals surface area contributed by atoms with E-state index < -0.39 is 0 Å². The van der Waals surface area contributed by atoms with Gasteiger partial charge in [0.2, 0.25) is 0 Å². The molecule has 13 heavy (non-hydrogen) atoms. The Balaban J connectivity index is 2.78. The first kappa shape index (κ1) is 9.69. The number of hydrazine groups is 2. The fourth-order valence-corrected chi connectivity index (χ4v) is 0.976. The van der Waals surface area contributed by atoms with E-state index in [2.05, 4.69) is 16.0 Å². The molecule has 1 heterocycles. The molecule has 0 saturated carbocycles. The normalized spacial score (nSPS) is 10.1. The quantitative estimate of drug-likeness (QED) is 0.598. The van der Waals surface area contributed by atoms with Gasteiger partial charge >= 0.3 is 0 Å². The van der Waals surface area contributed by atoms with E-state index in [1.807, 2.05) is 0 Å². The summed E-state index contributed by atoms with van der Waals surface area (Å²) in [5.74, 6) is -0.168. The molecule has 0 radical (unpaired) electrons. The molecule has 1 amide bonds. The minimum absolute atomic E-state index is 0.168. The molecule has 6 heteroatoms. The Kier molecular flexibility index (Phi) is 2.99. The van der Waals surface area contributed by atoms with Crippen LogP contribution in [0, 0.1) is 0 Å². The Labute approximate surface area is 76.5 Å². The first-order valence-electron chi connectivity index (χ1n) is 3.87. The number of aromatic nitrogens is 2. The molecular weight excluding hydrogens is 170 g/mol. The van der Waals surface area contributed by atoms with Crippen LogP contribution in [0.25, 0.3) is 0 Å². The van der Waals surface area contributed by atoms with Gasteiger partial charge in [-0.3, -0.25) is 9.48 Å². The average molecular weight is 183 g/mol. The van der Waals surface area contributed by atoms with Gasteiger partial charge in [0, 0.05) is 27.3 Å². The number of hydrogen-bond donors (Lipinski definition) is 2. The lowest BCUT2D eigenvalue weighted by Crippen LogP contribution is -2.48. The Morgan fingerprint density at radius 2 is 2.15 bits per heavy atom. The van der Waals surface area contributed by atoms with Crippen molar-refractivity contribution in [2.75, 3.05) is 14.1 Å². The maximum absolute atomic E-state index is 11.6. The molecule has 0 aromatic carbocycles. The summed E-state index contributed by atoms with van der Waals surface area (Å²) in [5, 5.41) is 5.18. The minimum atomic E-state index is -0.168. The van der Waals surface area contributed by atoms with Gasteiger partial charge < -0.3 is 0 Å². The SMILES string of the molecule is CNN(NC)C(=O)c1cnn(C)c1. The summed E-state index contributed by atoms with van der Waals surface area (Å²) in [6, 6.07) is 0. The molecule has 1 rings (SSSR count). The predicted molar refractivity (Wildman–Crippen MR) is 47.5 cm³/mol. The van der Waals surface area contributed by atoms with Gasteiger partial charge in [0.15, 0.2) is 0 Å². The Morgan fingerprint density at radius 3 is 2.54 bits per heavy atom. The van der Waals surface area contributed by atoms with Crippen molar-refractivity contribution in [2.45, 2.75) is 0 Å². The number of nitrogens with zero attached hydrogens (tertiary/aromatic N) is 3. The van der Waals surface area contributed by atoms with Crippen LogP contribution in [0.4, 0.5) is 0 Å². The van der Waals surface area contributed by atoms with Crippen molar-refractivity contribution in [3.8, 4) is 0 Å². The average Bonchev–Trinajstić information content (AvgIpc) is 2.54. The van der Waals surface area contributed by atoms with Crippen LogP contribution >= 0.6 is 0 Å². The fourth-order valence-electron chi connectivity index (χ4n) is 0.976. The summed E-state index contributed by atoms with van der Waals surface area (Å²) in [6.07, 6.45) is 3.17. The van der Waals surface area contributed by atoms with Crippen LogP contribution in [0.5, 0.6) is 0 Å². The number of aryl methyl sites for hydroxylation is 1. The second-order valence-corrected chi connectivity index (χ2v) is 2.49. The van der Waals surface area contributed by atoms with Crippen LogP contribution in [0.15, 0.2) is 12.4 Å². The van der Waals surface area contributed by atoms with Crippen molar-refractivity contribution < 1.29 is 4.79 Å². The van der Waals surface area contributed by atoms with E-state index >= 15 is 0 Å². The molecule has 0 bridgehead atoms. The van der Waals surface area contributed by atoms with Crippen LogP contribution in [-0.2, 0) is 7.05 Å². The van der Waals surface area contributed by atoms with Crippen molar-refractivity contribution >= 4 is 5.91 Å². The maximum Gasteiger partial charge on any atom is 0.285 e. The molecule has 0 fully saturated rings. The van der Waals surface area contributed by atoms with Crippen LogP contribution in [0.2, 0.25) is 0 Å². The van der Waals surface area contributed by atoms with Crippen molar-refractivity contribution in [2.24, 2.45) is 7.05 Å². The highest BCUT2D eigenvalue weighted by Crippen LogP contribution is 1.98. The lowest BCUT2D eigenvalue weighted by Gasteiger charge is -2.18. The maximum atomic E-state index is 11.6. The summed E-state index contributed by atoms with van der Waals surface area (Å²) < 4.78 is 1.58. The monoisotopic (exact) mass is 183 g/mol. The first-order chi connectivity index (χ1) is 6.19. The molecule has 72 valence electrons. The van der Waals surface area contributed by atoms with E-state index in [1.165, 1.54) is 11.3 Å². The Morgan fingerprint density at radius 1 is 1.54 bits per heavy atom. The summed E-state index contributed by atoms with van der Waals surface area (Å²) in [4.78, 5) is 11.6. The second-order valence-electron chi connectivity index (χ2n) is 2.49. The highest BCUT2D eigenvalue weighted by Gasteiger charge is 2.13. The van der Waals surface area contributed by atoms with Crippen LogP contribution in [-0.4, -0.2) is 34.9 Å². The van der Waals surface area contributed by atoms with Gasteiger partial charge in [-0.25, -0.2) is 16.0 Å².